The summed E-state index contributed by atoms with van der Waals surface area (Å²) in [6, 6.07) is 15.1. The number of Topliss-reactive ketones (excluding diaryl/α,β-unsaturated/α-hetero) is 1. The van der Waals surface area contributed by atoms with Gasteiger partial charge in [0.2, 0.25) is 0 Å². The lowest BCUT2D eigenvalue weighted by atomic mass is 10.1. The molecule has 148 valence electrons. The number of aromatic nitrogens is 3. The number of benzene rings is 2. The second kappa shape index (κ2) is 7.87. The van der Waals surface area contributed by atoms with E-state index >= 15 is 0 Å². The van der Waals surface area contributed by atoms with Crippen LogP contribution in [0.2, 0.25) is 0 Å². The Bertz CT molecular complexity index is 1260. The quantitative estimate of drug-likeness (QED) is 0.272. The molecule has 0 fully saturated rings. The summed E-state index contributed by atoms with van der Waals surface area (Å²) in [5.74, 6) is 0.0190. The summed E-state index contributed by atoms with van der Waals surface area (Å²) >= 11 is 1.35. The third-order valence-corrected chi connectivity index (χ3v) is 6.38. The molecule has 4 aromatic rings. The van der Waals surface area contributed by atoms with Gasteiger partial charge in [0.1, 0.15) is 0 Å². The third kappa shape index (κ3) is 3.49. The predicted octanol–water partition coefficient (Wildman–Crippen LogP) is 5.21. The van der Waals surface area contributed by atoms with Crippen molar-refractivity contribution in [1.29, 1.82) is 0 Å². The number of carbonyl (C=O) groups excluding carboxylic acids is 1. The Morgan fingerprint density at radius 3 is 2.55 bits per heavy atom. The predicted molar refractivity (Wildman–Crippen MR) is 119 cm³/mol. The molecule has 0 saturated carbocycles. The van der Waals surface area contributed by atoms with E-state index in [0.717, 1.165) is 17.3 Å². The van der Waals surface area contributed by atoms with Crippen LogP contribution in [0.25, 0.3) is 21.8 Å². The first-order valence-corrected chi connectivity index (χ1v) is 10.7. The molecule has 0 aliphatic rings. The second-order valence-electron chi connectivity index (χ2n) is 7.22. The number of ketones is 1. The number of rotatable bonds is 6. The highest BCUT2D eigenvalue weighted by molar-refractivity contribution is 8.00. The molecule has 4 rings (SSSR count). The van der Waals surface area contributed by atoms with E-state index in [9.17, 15) is 9.59 Å². The van der Waals surface area contributed by atoms with Gasteiger partial charge < -0.3 is 4.98 Å². The van der Waals surface area contributed by atoms with Crippen molar-refractivity contribution in [2.45, 2.75) is 43.6 Å². The van der Waals surface area contributed by atoms with Crippen molar-refractivity contribution in [3.63, 3.8) is 0 Å². The first kappa shape index (κ1) is 19.5. The van der Waals surface area contributed by atoms with Crippen molar-refractivity contribution < 1.29 is 4.79 Å². The fourth-order valence-electron chi connectivity index (χ4n) is 3.49. The molecule has 0 aliphatic heterocycles. The average molecular weight is 406 g/mol. The number of carbonyl (C=O) groups is 1. The van der Waals surface area contributed by atoms with Crippen molar-refractivity contribution in [2.24, 2.45) is 0 Å². The van der Waals surface area contributed by atoms with Gasteiger partial charge in [-0.25, -0.2) is 4.98 Å². The van der Waals surface area contributed by atoms with Crippen molar-refractivity contribution in [2.75, 3.05) is 0 Å². The van der Waals surface area contributed by atoms with Gasteiger partial charge in [-0.05, 0) is 38.5 Å². The smallest absolute Gasteiger partial charge is 0.262 e. The minimum Gasteiger partial charge on any atom is -0.360 e. The Hall–Kier alpha value is -2.86. The van der Waals surface area contributed by atoms with Gasteiger partial charge in [0.15, 0.2) is 10.9 Å². The number of fused-ring (bicyclic) bond motifs is 2. The lowest BCUT2D eigenvalue weighted by Crippen LogP contribution is -2.27. The third-order valence-electron chi connectivity index (χ3n) is 5.31. The van der Waals surface area contributed by atoms with Gasteiger partial charge in [0.05, 0.1) is 16.2 Å². The van der Waals surface area contributed by atoms with E-state index in [4.69, 9.17) is 4.98 Å². The number of hydrogen-bond donors (Lipinski definition) is 1. The Morgan fingerprint density at radius 2 is 1.79 bits per heavy atom. The standard InChI is InChI=1S/C23H23N3O2S/c1-4-14(2)26-22(28)17-10-6-8-12-20(17)25-23(26)29-15(3)21(27)18-13-24-19-11-7-5-9-16(18)19/h5-15,24H,4H2,1-3H3/t14-,15+/m1/s1. The summed E-state index contributed by atoms with van der Waals surface area (Å²) in [4.78, 5) is 34.2. The molecular weight excluding hydrogens is 382 g/mol. The van der Waals surface area contributed by atoms with Gasteiger partial charge >= 0.3 is 0 Å². The van der Waals surface area contributed by atoms with Crippen LogP contribution in [0.3, 0.4) is 0 Å². The molecule has 1 N–H and O–H groups in total. The maximum atomic E-state index is 13.2. The summed E-state index contributed by atoms with van der Waals surface area (Å²) in [6.45, 7) is 5.92. The topological polar surface area (TPSA) is 67.8 Å². The molecule has 29 heavy (non-hydrogen) atoms. The zero-order valence-corrected chi connectivity index (χ0v) is 17.5. The average Bonchev–Trinajstić information content (AvgIpc) is 3.17. The Balaban J connectivity index is 1.74. The molecule has 2 aromatic heterocycles. The fraction of sp³-hybridized carbons (Fsp3) is 0.261. The molecule has 0 spiro atoms. The molecule has 5 nitrogen and oxygen atoms in total. The van der Waals surface area contributed by atoms with Gasteiger partial charge in [-0.1, -0.05) is 49.0 Å². The van der Waals surface area contributed by atoms with Gasteiger partial charge in [0.25, 0.3) is 5.56 Å². The van der Waals surface area contributed by atoms with Crippen LogP contribution in [0.4, 0.5) is 0 Å². The summed E-state index contributed by atoms with van der Waals surface area (Å²) in [5, 5.41) is 1.73. The number of H-pyrrole nitrogens is 1. The van der Waals surface area contributed by atoms with E-state index in [0.29, 0.717) is 21.6 Å². The Morgan fingerprint density at radius 1 is 1.10 bits per heavy atom. The summed E-state index contributed by atoms with van der Waals surface area (Å²) in [7, 11) is 0. The number of nitrogens with zero attached hydrogens (tertiary/aromatic N) is 2. The van der Waals surface area contributed by atoms with Crippen LogP contribution in [0, 0.1) is 0 Å². The van der Waals surface area contributed by atoms with E-state index < -0.39 is 0 Å². The van der Waals surface area contributed by atoms with E-state index in [1.165, 1.54) is 11.8 Å². The Kier molecular flexibility index (Phi) is 5.28. The minimum absolute atomic E-state index is 0.00232. The second-order valence-corrected chi connectivity index (χ2v) is 8.52. The zero-order chi connectivity index (χ0) is 20.5. The van der Waals surface area contributed by atoms with Crippen molar-refractivity contribution >= 4 is 39.4 Å². The lowest BCUT2D eigenvalue weighted by Gasteiger charge is -2.20. The molecule has 0 radical (unpaired) electrons. The van der Waals surface area contributed by atoms with Crippen LogP contribution in [0.1, 0.15) is 43.6 Å². The fourth-order valence-corrected chi connectivity index (χ4v) is 4.56. The molecule has 2 aromatic carbocycles. The van der Waals surface area contributed by atoms with Gasteiger partial charge in [0, 0.05) is 28.7 Å². The van der Waals surface area contributed by atoms with Crippen LogP contribution in [0.15, 0.2) is 64.7 Å². The maximum absolute atomic E-state index is 13.2. The molecule has 0 unspecified atom stereocenters. The first-order valence-electron chi connectivity index (χ1n) is 9.79. The first-order chi connectivity index (χ1) is 14.0. The SMILES string of the molecule is CC[C@@H](C)n1c(S[C@@H](C)C(=O)c2c[nH]c3ccccc23)nc2ccccc2c1=O. The van der Waals surface area contributed by atoms with Crippen LogP contribution >= 0.6 is 11.8 Å². The van der Waals surface area contributed by atoms with Crippen LogP contribution in [-0.4, -0.2) is 25.6 Å². The molecule has 2 atom stereocenters. The minimum atomic E-state index is -0.377. The number of para-hydroxylation sites is 2. The van der Waals surface area contributed by atoms with Gasteiger partial charge in [-0.2, -0.15) is 0 Å². The van der Waals surface area contributed by atoms with Crippen LogP contribution < -0.4 is 5.56 Å². The zero-order valence-electron chi connectivity index (χ0n) is 16.7. The summed E-state index contributed by atoms with van der Waals surface area (Å²) in [6.07, 6.45) is 2.57. The van der Waals surface area contributed by atoms with Crippen LogP contribution in [0.5, 0.6) is 0 Å². The highest BCUT2D eigenvalue weighted by Crippen LogP contribution is 2.29. The van der Waals surface area contributed by atoms with Crippen LogP contribution in [-0.2, 0) is 0 Å². The van der Waals surface area contributed by atoms with E-state index in [-0.39, 0.29) is 22.6 Å². The lowest BCUT2D eigenvalue weighted by molar-refractivity contribution is 0.0995. The number of aromatic amines is 1. The number of hydrogen-bond acceptors (Lipinski definition) is 4. The molecule has 2 heterocycles. The van der Waals surface area contributed by atoms with E-state index in [1.807, 2.05) is 63.2 Å². The van der Waals surface area contributed by atoms with Crippen molar-refractivity contribution in [1.82, 2.24) is 14.5 Å². The maximum Gasteiger partial charge on any atom is 0.262 e. The summed E-state index contributed by atoms with van der Waals surface area (Å²) < 4.78 is 1.73. The highest BCUT2D eigenvalue weighted by atomic mass is 32.2. The molecule has 0 amide bonds. The normalized spacial score (nSPS) is 13.6. The van der Waals surface area contributed by atoms with Crippen molar-refractivity contribution in [3.8, 4) is 0 Å². The summed E-state index contributed by atoms with van der Waals surface area (Å²) in [5.41, 5.74) is 2.21. The van der Waals surface area contributed by atoms with E-state index in [1.54, 1.807) is 16.8 Å². The monoisotopic (exact) mass is 405 g/mol. The highest BCUT2D eigenvalue weighted by Gasteiger charge is 2.23. The van der Waals surface area contributed by atoms with Crippen molar-refractivity contribution in [3.05, 3.63) is 70.6 Å². The van der Waals surface area contributed by atoms with E-state index in [2.05, 4.69) is 4.98 Å². The molecule has 0 bridgehead atoms. The van der Waals surface area contributed by atoms with Gasteiger partial charge in [-0.3, -0.25) is 14.2 Å². The number of thioether (sulfide) groups is 1. The van der Waals surface area contributed by atoms with Gasteiger partial charge in [-0.15, -0.1) is 0 Å². The molecular formula is C23H23N3O2S. The molecule has 0 saturated heterocycles. The molecule has 6 heteroatoms. The number of nitrogens with one attached hydrogen (secondary N) is 1. The largest absolute Gasteiger partial charge is 0.360 e. The molecule has 0 aliphatic carbocycles. The Labute approximate surface area is 173 Å².